The van der Waals surface area contributed by atoms with E-state index >= 15 is 0 Å². The van der Waals surface area contributed by atoms with Crippen LogP contribution < -0.4 is 25.2 Å². The number of piperidine rings is 2. The summed E-state index contributed by atoms with van der Waals surface area (Å²) < 4.78 is 6.08. The molecule has 3 heterocycles. The van der Waals surface area contributed by atoms with Crippen LogP contribution in [0.3, 0.4) is 0 Å². The van der Waals surface area contributed by atoms with Gasteiger partial charge < -0.3 is 19.9 Å². The molecule has 0 saturated carbocycles. The number of piperazine rings is 1. The van der Waals surface area contributed by atoms with E-state index in [0.29, 0.717) is 48.1 Å². The van der Waals surface area contributed by atoms with Crippen LogP contribution in [-0.4, -0.2) is 81.5 Å². The fourth-order valence-corrected chi connectivity index (χ4v) is 7.35. The molecular weight excluding hydrogens is 652 g/mol. The van der Waals surface area contributed by atoms with Gasteiger partial charge in [-0.15, -0.1) is 0 Å². The van der Waals surface area contributed by atoms with Crippen LogP contribution in [0.4, 0.5) is 11.4 Å². The van der Waals surface area contributed by atoms with E-state index < -0.39 is 6.04 Å². The number of carbonyl (C=O) groups is 3. The van der Waals surface area contributed by atoms with Crippen molar-refractivity contribution in [3.8, 4) is 11.8 Å². The van der Waals surface area contributed by atoms with E-state index in [1.54, 1.807) is 6.07 Å². The molecule has 0 aliphatic carbocycles. The van der Waals surface area contributed by atoms with Crippen molar-refractivity contribution >= 4 is 41.1 Å². The lowest BCUT2D eigenvalue weighted by Gasteiger charge is -2.36. The van der Waals surface area contributed by atoms with Crippen LogP contribution in [0.2, 0.25) is 5.02 Å². The summed E-state index contributed by atoms with van der Waals surface area (Å²) in [6, 6.07) is 21.9. The molecule has 3 saturated heterocycles. The molecule has 3 aliphatic heterocycles. The second-order valence-electron chi connectivity index (χ2n) is 13.4. The van der Waals surface area contributed by atoms with E-state index in [1.807, 2.05) is 30.3 Å². The van der Waals surface area contributed by atoms with Crippen molar-refractivity contribution in [1.29, 1.82) is 5.26 Å². The summed E-state index contributed by atoms with van der Waals surface area (Å²) in [5, 5.41) is 15.2. The van der Waals surface area contributed by atoms with Crippen molar-refractivity contribution < 1.29 is 19.1 Å². The number of carbonyl (C=O) groups excluding carboxylic acids is 3. The van der Waals surface area contributed by atoms with Gasteiger partial charge in [0.1, 0.15) is 18.1 Å². The van der Waals surface area contributed by atoms with Crippen LogP contribution in [-0.2, 0) is 16.1 Å². The number of nitrogens with one attached hydrogen (secondary N) is 2. The van der Waals surface area contributed by atoms with Crippen molar-refractivity contribution in [3.63, 3.8) is 0 Å². The summed E-state index contributed by atoms with van der Waals surface area (Å²) in [5.74, 6) is 0.892. The zero-order chi connectivity index (χ0) is 34.9. The molecule has 262 valence electrons. The third-order valence-corrected chi connectivity index (χ3v) is 10.5. The van der Waals surface area contributed by atoms with Crippen LogP contribution in [0, 0.1) is 11.3 Å². The minimum absolute atomic E-state index is 0.240. The van der Waals surface area contributed by atoms with E-state index in [4.69, 9.17) is 21.6 Å². The zero-order valence-corrected chi connectivity index (χ0v) is 29.2. The van der Waals surface area contributed by atoms with Gasteiger partial charge in [-0.1, -0.05) is 23.7 Å². The Morgan fingerprint density at radius 1 is 0.900 bits per heavy atom. The Balaban J connectivity index is 0.874. The monoisotopic (exact) mass is 696 g/mol. The van der Waals surface area contributed by atoms with Gasteiger partial charge in [0.05, 0.1) is 23.2 Å². The first kappa shape index (κ1) is 35.4. The summed E-state index contributed by atoms with van der Waals surface area (Å²) >= 11 is 6.26. The van der Waals surface area contributed by atoms with Crippen LogP contribution in [0.1, 0.15) is 71.5 Å². The van der Waals surface area contributed by atoms with E-state index in [-0.39, 0.29) is 11.8 Å². The molecule has 50 heavy (non-hydrogen) atoms. The maximum Gasteiger partial charge on any atom is 0.243 e. The van der Waals surface area contributed by atoms with Gasteiger partial charge >= 0.3 is 0 Å². The Bertz CT molecular complexity index is 1690. The van der Waals surface area contributed by atoms with Gasteiger partial charge in [-0.25, -0.2) is 0 Å². The molecule has 2 amide bonds. The highest BCUT2D eigenvalue weighted by Crippen LogP contribution is 2.33. The third-order valence-electron chi connectivity index (χ3n) is 10.2. The van der Waals surface area contributed by atoms with Crippen LogP contribution in [0.15, 0.2) is 60.7 Å². The molecule has 10 nitrogen and oxygen atoms in total. The molecule has 3 aromatic rings. The van der Waals surface area contributed by atoms with Gasteiger partial charge in [-0.3, -0.25) is 24.6 Å². The number of ether oxygens (including phenoxy) is 1. The highest BCUT2D eigenvalue weighted by Gasteiger charge is 2.26. The highest BCUT2D eigenvalue weighted by atomic mass is 35.5. The van der Waals surface area contributed by atoms with Crippen LogP contribution in [0.25, 0.3) is 0 Å². The number of amides is 2. The first-order chi connectivity index (χ1) is 24.4. The molecule has 0 radical (unpaired) electrons. The average Bonchev–Trinajstić information content (AvgIpc) is 3.15. The summed E-state index contributed by atoms with van der Waals surface area (Å²) in [5.41, 5.74) is 5.48. The number of hydrogen-bond donors (Lipinski definition) is 2. The maximum atomic E-state index is 12.1. The standard InChI is InChI=1S/C39H45ClN6O4/c40-36-24-34(7-3-30(36)25-41)45-16-13-29(14-17-45)28-5-9-35(10-6-28)50-22-2-1-15-44-18-20-46(21-19-44)33-8-4-31(27-47)32(23-33)26-42-37-11-12-38(48)43-39(37)49/h3-10,23-24,27,29,37,42H,1-2,11-22,26H2,(H,43,48,49). The van der Waals surface area contributed by atoms with Gasteiger partial charge in [0.25, 0.3) is 0 Å². The molecule has 0 aromatic heterocycles. The third kappa shape index (κ3) is 9.02. The summed E-state index contributed by atoms with van der Waals surface area (Å²) in [6.45, 7) is 7.81. The fraction of sp³-hybridized carbons (Fsp3) is 0.436. The highest BCUT2D eigenvalue weighted by molar-refractivity contribution is 6.32. The number of nitrogens with zero attached hydrogens (tertiary/aromatic N) is 4. The van der Waals surface area contributed by atoms with Gasteiger partial charge in [0, 0.05) is 69.2 Å². The van der Waals surface area contributed by atoms with Crippen molar-refractivity contribution in [3.05, 3.63) is 87.9 Å². The molecule has 6 rings (SSSR count). The van der Waals surface area contributed by atoms with Crippen LogP contribution >= 0.6 is 11.6 Å². The molecule has 11 heteroatoms. The van der Waals surface area contributed by atoms with Crippen LogP contribution in [0.5, 0.6) is 5.75 Å². The SMILES string of the molecule is N#Cc1ccc(N2CCC(c3ccc(OCCCCN4CCN(c5ccc(C=O)c(CNC6CCC(=O)NC6=O)c5)CC4)cc3)CC2)cc1Cl. The Kier molecular flexibility index (Phi) is 12.0. The van der Waals surface area contributed by atoms with Crippen molar-refractivity contribution in [2.75, 3.05) is 62.2 Å². The van der Waals surface area contributed by atoms with Crippen molar-refractivity contribution in [1.82, 2.24) is 15.5 Å². The number of nitriles is 1. The van der Waals surface area contributed by atoms with E-state index in [0.717, 1.165) is 100 Å². The zero-order valence-electron chi connectivity index (χ0n) is 28.4. The Hall–Kier alpha value is -4.43. The first-order valence-electron chi connectivity index (χ1n) is 17.7. The van der Waals surface area contributed by atoms with Gasteiger partial charge in [0.2, 0.25) is 11.8 Å². The molecule has 1 unspecified atom stereocenters. The number of rotatable bonds is 13. The second kappa shape index (κ2) is 17.0. The number of hydrogen-bond acceptors (Lipinski definition) is 9. The molecule has 2 N–H and O–H groups in total. The smallest absolute Gasteiger partial charge is 0.243 e. The molecule has 0 spiro atoms. The number of imide groups is 1. The molecule has 3 aliphatic rings. The Morgan fingerprint density at radius 3 is 2.32 bits per heavy atom. The average molecular weight is 697 g/mol. The lowest BCUT2D eigenvalue weighted by atomic mass is 9.89. The quantitative estimate of drug-likeness (QED) is 0.140. The van der Waals surface area contributed by atoms with Gasteiger partial charge in [0.15, 0.2) is 0 Å². The minimum atomic E-state index is -0.436. The molecular formula is C39H45ClN6O4. The lowest BCUT2D eigenvalue weighted by Crippen LogP contribution is -2.50. The number of unbranched alkanes of at least 4 members (excludes halogenated alkanes) is 1. The Morgan fingerprint density at radius 2 is 1.62 bits per heavy atom. The first-order valence-corrected chi connectivity index (χ1v) is 18.1. The number of anilines is 2. The summed E-state index contributed by atoms with van der Waals surface area (Å²) in [6.07, 6.45) is 5.85. The summed E-state index contributed by atoms with van der Waals surface area (Å²) in [7, 11) is 0. The van der Waals surface area contributed by atoms with Crippen molar-refractivity contribution in [2.45, 2.75) is 57.0 Å². The van der Waals surface area contributed by atoms with Gasteiger partial charge in [-0.05, 0) is 104 Å². The number of benzene rings is 3. The predicted molar refractivity (Wildman–Crippen MR) is 195 cm³/mol. The largest absolute Gasteiger partial charge is 0.494 e. The normalized spacial score (nSPS) is 18.8. The summed E-state index contributed by atoms with van der Waals surface area (Å²) in [4.78, 5) is 42.5. The molecule has 0 bridgehead atoms. The fourth-order valence-electron chi connectivity index (χ4n) is 7.13. The molecule has 1 atom stereocenters. The number of halogens is 1. The topological polar surface area (TPSA) is 118 Å². The second-order valence-corrected chi connectivity index (χ2v) is 13.8. The van der Waals surface area contributed by atoms with Gasteiger partial charge in [-0.2, -0.15) is 5.26 Å². The Labute approximate surface area is 299 Å². The van der Waals surface area contributed by atoms with Crippen molar-refractivity contribution in [2.24, 2.45) is 0 Å². The van der Waals surface area contributed by atoms with E-state index in [2.05, 4.69) is 55.7 Å². The predicted octanol–water partition coefficient (Wildman–Crippen LogP) is 5.28. The molecule has 3 aromatic carbocycles. The lowest BCUT2D eigenvalue weighted by molar-refractivity contribution is -0.134. The minimum Gasteiger partial charge on any atom is -0.494 e. The number of aldehydes is 1. The van der Waals surface area contributed by atoms with E-state index in [1.165, 1.54) is 5.56 Å². The van der Waals surface area contributed by atoms with E-state index in [9.17, 15) is 14.4 Å². The maximum absolute atomic E-state index is 12.1. The molecule has 3 fully saturated rings.